The van der Waals surface area contributed by atoms with Gasteiger partial charge in [-0.15, -0.1) is 0 Å². The fraction of sp³-hybridized carbons (Fsp3) is 0.452. The van der Waals surface area contributed by atoms with Gasteiger partial charge in [-0.25, -0.2) is 18.1 Å². The van der Waals surface area contributed by atoms with E-state index in [1.54, 1.807) is 18.2 Å². The number of carbonyl (C=O) groups excluding carboxylic acids is 1. The summed E-state index contributed by atoms with van der Waals surface area (Å²) in [5.74, 6) is 0.271. The summed E-state index contributed by atoms with van der Waals surface area (Å²) in [7, 11) is -4.09. The van der Waals surface area contributed by atoms with Crippen molar-refractivity contribution in [2.45, 2.75) is 71.0 Å². The topological polar surface area (TPSA) is 105 Å². The molecule has 41 heavy (non-hydrogen) atoms. The van der Waals surface area contributed by atoms with E-state index in [0.717, 1.165) is 36.2 Å². The van der Waals surface area contributed by atoms with Crippen LogP contribution in [-0.2, 0) is 10.0 Å². The molecule has 1 fully saturated rings. The first-order valence-electron chi connectivity index (χ1n) is 14.2. The molecule has 4 bridgehead atoms. The number of amides is 1. The van der Waals surface area contributed by atoms with Crippen molar-refractivity contribution in [2.24, 2.45) is 5.92 Å². The number of nitrogens with one attached hydrogen (secondary N) is 1. The van der Waals surface area contributed by atoms with Gasteiger partial charge < -0.3 is 9.64 Å². The summed E-state index contributed by atoms with van der Waals surface area (Å²) in [5, 5.41) is 0. The average molecular weight is 578 g/mol. The third kappa shape index (κ3) is 6.08. The molecular formula is C31H39N5O4S. The highest BCUT2D eigenvalue weighted by Crippen LogP contribution is 2.31. The molecule has 1 N–H and O–H groups in total. The Morgan fingerprint density at radius 1 is 1.00 bits per heavy atom. The average Bonchev–Trinajstić information content (AvgIpc) is 2.87. The van der Waals surface area contributed by atoms with E-state index in [4.69, 9.17) is 4.74 Å². The van der Waals surface area contributed by atoms with Gasteiger partial charge in [0.15, 0.2) is 0 Å². The maximum absolute atomic E-state index is 14.1. The van der Waals surface area contributed by atoms with E-state index in [1.165, 1.54) is 12.1 Å². The van der Waals surface area contributed by atoms with Crippen LogP contribution in [0.4, 0.5) is 5.95 Å². The largest absolute Gasteiger partial charge is 0.475 e. The molecule has 2 aromatic carbocycles. The van der Waals surface area contributed by atoms with Gasteiger partial charge in [0, 0.05) is 36.3 Å². The van der Waals surface area contributed by atoms with Crippen LogP contribution in [0, 0.1) is 19.8 Å². The second-order valence-electron chi connectivity index (χ2n) is 11.8. The van der Waals surface area contributed by atoms with Crippen LogP contribution in [-0.4, -0.2) is 71.9 Å². The summed E-state index contributed by atoms with van der Waals surface area (Å²) in [6.45, 7) is 14.3. The Kier molecular flexibility index (Phi) is 8.07. The van der Waals surface area contributed by atoms with Crippen LogP contribution < -0.4 is 9.46 Å². The Morgan fingerprint density at radius 2 is 1.68 bits per heavy atom. The standard InChI is InChI=1S/C31H39N5O4S/c1-19(2)13-24-18-40-28-15-27(29-21(5)9-7-10-22(29)6)32-31(33-28)34-41(38,39)26-12-8-11-23(14-26)30(37)36(24)25-16-35(17-25)20(3)4/h7-12,14-15,19-20,24-25H,13,16-18H2,1-6H3,(H,32,33,34)/t24-/m1/s1. The minimum absolute atomic E-state index is 0.00749. The SMILES string of the molecule is Cc1cccc(C)c1-c1cc2nc(n1)NS(=O)(=O)c1cccc(c1)C(=O)N(C1CN(C(C)C)C1)[C@H](CC(C)C)CO2. The lowest BCUT2D eigenvalue weighted by molar-refractivity contribution is -0.0135. The van der Waals surface area contributed by atoms with Crippen LogP contribution >= 0.6 is 0 Å². The summed E-state index contributed by atoms with van der Waals surface area (Å²) in [5.41, 5.74) is 3.79. The number of rotatable bonds is 5. The zero-order valence-corrected chi connectivity index (χ0v) is 25.4. The molecule has 3 aromatic rings. The lowest BCUT2D eigenvalue weighted by atomic mass is 9.96. The van der Waals surface area contributed by atoms with Gasteiger partial charge in [0.1, 0.15) is 6.61 Å². The van der Waals surface area contributed by atoms with Crippen molar-refractivity contribution in [3.8, 4) is 17.1 Å². The van der Waals surface area contributed by atoms with Crippen LogP contribution in [0.1, 0.15) is 55.6 Å². The van der Waals surface area contributed by atoms with E-state index in [9.17, 15) is 13.2 Å². The third-order valence-corrected chi connectivity index (χ3v) is 9.19. The number of fused-ring (bicyclic) bond motifs is 4. The number of ether oxygens (including phenoxy) is 1. The maximum atomic E-state index is 14.1. The predicted octanol–water partition coefficient (Wildman–Crippen LogP) is 4.90. The number of nitrogens with zero attached hydrogens (tertiary/aromatic N) is 4. The molecule has 0 spiro atoms. The highest BCUT2D eigenvalue weighted by Gasteiger charge is 2.40. The number of aryl methyl sites for hydroxylation is 2. The molecule has 2 aliphatic heterocycles. The molecule has 0 radical (unpaired) electrons. The van der Waals surface area contributed by atoms with E-state index in [2.05, 4.69) is 47.3 Å². The fourth-order valence-electron chi connectivity index (χ4n) is 5.72. The number of benzene rings is 2. The Morgan fingerprint density at radius 3 is 2.34 bits per heavy atom. The summed E-state index contributed by atoms with van der Waals surface area (Å²) in [6.07, 6.45) is 0.724. The highest BCUT2D eigenvalue weighted by molar-refractivity contribution is 7.92. The smallest absolute Gasteiger partial charge is 0.264 e. The van der Waals surface area contributed by atoms with E-state index < -0.39 is 10.0 Å². The summed E-state index contributed by atoms with van der Waals surface area (Å²) >= 11 is 0. The zero-order chi connectivity index (χ0) is 29.5. The van der Waals surface area contributed by atoms with Gasteiger partial charge in [0.25, 0.3) is 15.9 Å². The lowest BCUT2D eigenvalue weighted by Gasteiger charge is -2.50. The van der Waals surface area contributed by atoms with E-state index in [-0.39, 0.29) is 41.3 Å². The fourth-order valence-corrected chi connectivity index (χ4v) is 6.71. The molecule has 5 rings (SSSR count). The second kappa shape index (κ2) is 11.4. The number of sulfonamides is 1. The van der Waals surface area contributed by atoms with Crippen LogP contribution in [0.5, 0.6) is 5.88 Å². The molecule has 1 saturated heterocycles. The first-order valence-corrected chi connectivity index (χ1v) is 15.7. The van der Waals surface area contributed by atoms with Crippen LogP contribution in [0.2, 0.25) is 0 Å². The molecule has 0 saturated carbocycles. The first-order chi connectivity index (χ1) is 19.4. The Labute approximate surface area is 243 Å². The van der Waals surface area contributed by atoms with Crippen molar-refractivity contribution < 1.29 is 17.9 Å². The molecule has 3 heterocycles. The first kappa shape index (κ1) is 29.0. The maximum Gasteiger partial charge on any atom is 0.264 e. The zero-order valence-electron chi connectivity index (χ0n) is 24.6. The van der Waals surface area contributed by atoms with Crippen LogP contribution in [0.25, 0.3) is 11.3 Å². The third-order valence-electron chi connectivity index (χ3n) is 7.87. The molecule has 1 aromatic heterocycles. The van der Waals surface area contributed by atoms with Gasteiger partial charge in [-0.05, 0) is 69.4 Å². The van der Waals surface area contributed by atoms with Crippen LogP contribution in [0.15, 0.2) is 53.4 Å². The van der Waals surface area contributed by atoms with Crippen molar-refractivity contribution in [3.63, 3.8) is 0 Å². The molecule has 1 atom stereocenters. The predicted molar refractivity (Wildman–Crippen MR) is 160 cm³/mol. The van der Waals surface area contributed by atoms with E-state index in [0.29, 0.717) is 23.2 Å². The summed E-state index contributed by atoms with van der Waals surface area (Å²) < 4.78 is 35.9. The number of aromatic nitrogens is 2. The highest BCUT2D eigenvalue weighted by atomic mass is 32.2. The molecule has 10 heteroatoms. The van der Waals surface area contributed by atoms with Crippen molar-refractivity contribution in [1.29, 1.82) is 0 Å². The molecule has 0 unspecified atom stereocenters. The number of hydrogen-bond acceptors (Lipinski definition) is 7. The lowest BCUT2D eigenvalue weighted by Crippen LogP contribution is -2.65. The normalized spacial score (nSPS) is 19.6. The van der Waals surface area contributed by atoms with Gasteiger partial charge in [0.05, 0.1) is 22.7 Å². The second-order valence-corrected chi connectivity index (χ2v) is 13.5. The van der Waals surface area contributed by atoms with Crippen molar-refractivity contribution in [3.05, 3.63) is 65.2 Å². The van der Waals surface area contributed by atoms with Crippen molar-refractivity contribution >= 4 is 21.9 Å². The Hall–Kier alpha value is -3.50. The van der Waals surface area contributed by atoms with Gasteiger partial charge in [-0.2, -0.15) is 4.98 Å². The molecule has 9 nitrogen and oxygen atoms in total. The molecule has 0 aliphatic carbocycles. The van der Waals surface area contributed by atoms with Crippen LogP contribution in [0.3, 0.4) is 0 Å². The van der Waals surface area contributed by atoms with Gasteiger partial charge >= 0.3 is 0 Å². The quantitative estimate of drug-likeness (QED) is 0.460. The molecule has 218 valence electrons. The van der Waals surface area contributed by atoms with Gasteiger partial charge in [-0.3, -0.25) is 9.69 Å². The molecule has 2 aliphatic rings. The van der Waals surface area contributed by atoms with Crippen molar-refractivity contribution in [1.82, 2.24) is 19.8 Å². The van der Waals surface area contributed by atoms with Gasteiger partial charge in [-0.1, -0.05) is 38.1 Å². The number of likely N-dealkylation sites (tertiary alicyclic amines) is 1. The number of anilines is 1. The number of hydrogen-bond donors (Lipinski definition) is 1. The minimum Gasteiger partial charge on any atom is -0.475 e. The Balaban J connectivity index is 1.64. The Bertz CT molecular complexity index is 1530. The van der Waals surface area contributed by atoms with Gasteiger partial charge in [0.2, 0.25) is 11.8 Å². The molecular weight excluding hydrogens is 538 g/mol. The summed E-state index contributed by atoms with van der Waals surface area (Å²) in [6, 6.07) is 14.0. The number of carbonyl (C=O) groups is 1. The van der Waals surface area contributed by atoms with Crippen molar-refractivity contribution in [2.75, 3.05) is 24.4 Å². The monoisotopic (exact) mass is 577 g/mol. The minimum atomic E-state index is -4.09. The summed E-state index contributed by atoms with van der Waals surface area (Å²) in [4.78, 5) is 27.4. The molecule has 1 amide bonds. The van der Waals surface area contributed by atoms with E-state index >= 15 is 0 Å². The van der Waals surface area contributed by atoms with E-state index in [1.807, 2.05) is 36.9 Å².